The van der Waals surface area contributed by atoms with Gasteiger partial charge in [-0.1, -0.05) is 6.42 Å². The fraction of sp³-hybridized carbons (Fsp3) is 0.733. The Morgan fingerprint density at radius 3 is 2.78 bits per heavy atom. The van der Waals surface area contributed by atoms with Crippen molar-refractivity contribution in [1.82, 2.24) is 10.2 Å². The third-order valence-electron chi connectivity index (χ3n) is 4.03. The van der Waals surface area contributed by atoms with E-state index in [1.807, 2.05) is 0 Å². The second kappa shape index (κ2) is 5.45. The lowest BCUT2D eigenvalue weighted by molar-refractivity contribution is 0.203. The summed E-state index contributed by atoms with van der Waals surface area (Å²) in [5, 5.41) is 3.52. The smallest absolute Gasteiger partial charge is 0.120 e. The topological polar surface area (TPSA) is 28.4 Å². The Bertz CT molecular complexity index is 389. The molecule has 0 aromatic carbocycles. The number of furan rings is 1. The molecule has 1 aliphatic carbocycles. The Kier molecular flexibility index (Phi) is 3.71. The summed E-state index contributed by atoms with van der Waals surface area (Å²) in [6, 6.07) is 2.97. The monoisotopic (exact) mass is 248 g/mol. The Balaban J connectivity index is 1.56. The predicted molar refractivity (Wildman–Crippen MR) is 72.4 cm³/mol. The van der Waals surface area contributed by atoms with Crippen LogP contribution in [0, 0.1) is 6.92 Å². The summed E-state index contributed by atoms with van der Waals surface area (Å²) in [5.41, 5.74) is 1.30. The number of rotatable bonds is 5. The quantitative estimate of drug-likeness (QED) is 0.868. The molecule has 2 fully saturated rings. The maximum absolute atomic E-state index is 5.99. The fourth-order valence-corrected chi connectivity index (χ4v) is 2.71. The van der Waals surface area contributed by atoms with Crippen molar-refractivity contribution in [2.45, 2.75) is 58.2 Å². The van der Waals surface area contributed by atoms with Gasteiger partial charge in [0.05, 0.1) is 13.1 Å². The standard InChI is InChI=1S/C15H24N2O/c1-12-9-14(11-17-7-3-2-4-8-17)18-15(12)10-16-13-5-6-13/h9,13,16H,2-8,10-11H2,1H3. The van der Waals surface area contributed by atoms with E-state index >= 15 is 0 Å². The number of nitrogens with one attached hydrogen (secondary N) is 1. The van der Waals surface area contributed by atoms with Gasteiger partial charge in [-0.05, 0) is 57.3 Å². The molecule has 1 aromatic rings. The molecule has 3 nitrogen and oxygen atoms in total. The number of piperidine rings is 1. The van der Waals surface area contributed by atoms with Gasteiger partial charge in [0, 0.05) is 6.04 Å². The summed E-state index contributed by atoms with van der Waals surface area (Å²) in [4.78, 5) is 2.51. The van der Waals surface area contributed by atoms with Crippen LogP contribution in [0.15, 0.2) is 10.5 Å². The highest BCUT2D eigenvalue weighted by Crippen LogP contribution is 2.22. The minimum absolute atomic E-state index is 0.750. The average molecular weight is 248 g/mol. The lowest BCUT2D eigenvalue weighted by Gasteiger charge is -2.25. The van der Waals surface area contributed by atoms with Crippen molar-refractivity contribution in [1.29, 1.82) is 0 Å². The molecule has 2 heterocycles. The lowest BCUT2D eigenvalue weighted by atomic mass is 10.1. The third-order valence-corrected chi connectivity index (χ3v) is 4.03. The summed E-state index contributed by atoms with van der Waals surface area (Å²) < 4.78 is 5.99. The second-order valence-electron chi connectivity index (χ2n) is 5.81. The van der Waals surface area contributed by atoms with E-state index in [0.717, 1.165) is 30.7 Å². The molecule has 0 amide bonds. The molecule has 1 N–H and O–H groups in total. The molecule has 0 unspecified atom stereocenters. The molecular formula is C15H24N2O. The number of hydrogen-bond acceptors (Lipinski definition) is 3. The van der Waals surface area contributed by atoms with Gasteiger partial charge < -0.3 is 9.73 Å². The van der Waals surface area contributed by atoms with Crippen LogP contribution >= 0.6 is 0 Å². The van der Waals surface area contributed by atoms with E-state index in [1.165, 1.54) is 50.8 Å². The van der Waals surface area contributed by atoms with Crippen molar-refractivity contribution < 1.29 is 4.42 Å². The van der Waals surface area contributed by atoms with Gasteiger partial charge in [0.15, 0.2) is 0 Å². The van der Waals surface area contributed by atoms with E-state index in [1.54, 1.807) is 0 Å². The van der Waals surface area contributed by atoms with Gasteiger partial charge in [0.2, 0.25) is 0 Å². The molecular weight excluding hydrogens is 224 g/mol. The summed E-state index contributed by atoms with van der Waals surface area (Å²) in [5.74, 6) is 2.27. The maximum atomic E-state index is 5.99. The van der Waals surface area contributed by atoms with Crippen molar-refractivity contribution in [3.05, 3.63) is 23.2 Å². The normalized spacial score (nSPS) is 21.4. The zero-order valence-electron chi connectivity index (χ0n) is 11.4. The molecule has 0 atom stereocenters. The summed E-state index contributed by atoms with van der Waals surface area (Å²) >= 11 is 0. The van der Waals surface area contributed by atoms with Crippen LogP contribution in [0.4, 0.5) is 0 Å². The van der Waals surface area contributed by atoms with Gasteiger partial charge in [0.1, 0.15) is 11.5 Å². The largest absolute Gasteiger partial charge is 0.463 e. The highest BCUT2D eigenvalue weighted by atomic mass is 16.3. The summed E-state index contributed by atoms with van der Waals surface area (Å²) in [7, 11) is 0. The van der Waals surface area contributed by atoms with Gasteiger partial charge in [0.25, 0.3) is 0 Å². The molecule has 2 aliphatic rings. The van der Waals surface area contributed by atoms with Crippen molar-refractivity contribution >= 4 is 0 Å². The van der Waals surface area contributed by atoms with E-state index in [9.17, 15) is 0 Å². The van der Waals surface area contributed by atoms with E-state index in [2.05, 4.69) is 23.2 Å². The van der Waals surface area contributed by atoms with Crippen LogP contribution in [-0.4, -0.2) is 24.0 Å². The Morgan fingerprint density at radius 1 is 1.28 bits per heavy atom. The Hall–Kier alpha value is -0.800. The van der Waals surface area contributed by atoms with Crippen molar-refractivity contribution in [3.8, 4) is 0 Å². The molecule has 0 radical (unpaired) electrons. The first-order chi connectivity index (χ1) is 8.81. The van der Waals surface area contributed by atoms with Crippen LogP contribution in [0.25, 0.3) is 0 Å². The Labute approximate surface area is 110 Å². The molecule has 3 rings (SSSR count). The summed E-state index contributed by atoms with van der Waals surface area (Å²) in [6.45, 7) is 6.51. The minimum atomic E-state index is 0.750. The van der Waals surface area contributed by atoms with Crippen LogP contribution < -0.4 is 5.32 Å². The molecule has 1 saturated carbocycles. The molecule has 1 aromatic heterocycles. The maximum Gasteiger partial charge on any atom is 0.120 e. The second-order valence-corrected chi connectivity index (χ2v) is 5.81. The van der Waals surface area contributed by atoms with Crippen molar-refractivity contribution in [2.75, 3.05) is 13.1 Å². The SMILES string of the molecule is Cc1cc(CN2CCCCC2)oc1CNC1CC1. The number of hydrogen-bond donors (Lipinski definition) is 1. The number of nitrogens with zero attached hydrogens (tertiary/aromatic N) is 1. The third kappa shape index (κ3) is 3.15. The fourth-order valence-electron chi connectivity index (χ4n) is 2.71. The first kappa shape index (κ1) is 12.2. The van der Waals surface area contributed by atoms with Gasteiger partial charge in [-0.25, -0.2) is 0 Å². The average Bonchev–Trinajstić information content (AvgIpc) is 3.14. The highest BCUT2D eigenvalue weighted by molar-refractivity contribution is 5.20. The van der Waals surface area contributed by atoms with E-state index in [4.69, 9.17) is 4.42 Å². The van der Waals surface area contributed by atoms with Crippen LogP contribution in [0.1, 0.15) is 49.2 Å². The molecule has 0 spiro atoms. The van der Waals surface area contributed by atoms with Crippen molar-refractivity contribution in [3.63, 3.8) is 0 Å². The van der Waals surface area contributed by atoms with Crippen molar-refractivity contribution in [2.24, 2.45) is 0 Å². The Morgan fingerprint density at radius 2 is 2.06 bits per heavy atom. The molecule has 0 bridgehead atoms. The molecule has 18 heavy (non-hydrogen) atoms. The first-order valence-corrected chi connectivity index (χ1v) is 7.35. The van der Waals surface area contributed by atoms with Gasteiger partial charge >= 0.3 is 0 Å². The number of likely N-dealkylation sites (tertiary alicyclic amines) is 1. The number of aryl methyl sites for hydroxylation is 1. The van der Waals surface area contributed by atoms with Crippen LogP contribution in [0.2, 0.25) is 0 Å². The van der Waals surface area contributed by atoms with Crippen LogP contribution in [0.5, 0.6) is 0 Å². The van der Waals surface area contributed by atoms with E-state index in [-0.39, 0.29) is 0 Å². The van der Waals surface area contributed by atoms with Gasteiger partial charge in [-0.2, -0.15) is 0 Å². The molecule has 1 saturated heterocycles. The zero-order chi connectivity index (χ0) is 12.4. The minimum Gasteiger partial charge on any atom is -0.463 e. The van der Waals surface area contributed by atoms with Gasteiger partial charge in [-0.3, -0.25) is 4.90 Å². The molecule has 1 aliphatic heterocycles. The van der Waals surface area contributed by atoms with E-state index in [0.29, 0.717) is 0 Å². The zero-order valence-corrected chi connectivity index (χ0v) is 11.4. The lowest BCUT2D eigenvalue weighted by Crippen LogP contribution is -2.28. The predicted octanol–water partition coefficient (Wildman–Crippen LogP) is 2.83. The van der Waals surface area contributed by atoms with E-state index < -0.39 is 0 Å². The molecule has 100 valence electrons. The summed E-state index contributed by atoms with van der Waals surface area (Å²) in [6.07, 6.45) is 6.75. The molecule has 3 heteroatoms. The van der Waals surface area contributed by atoms with Gasteiger partial charge in [-0.15, -0.1) is 0 Å². The first-order valence-electron chi connectivity index (χ1n) is 7.35. The highest BCUT2D eigenvalue weighted by Gasteiger charge is 2.21. The van der Waals surface area contributed by atoms with Crippen LogP contribution in [0.3, 0.4) is 0 Å². The van der Waals surface area contributed by atoms with Crippen LogP contribution in [-0.2, 0) is 13.1 Å².